The Morgan fingerprint density at radius 3 is 2.73 bits per heavy atom. The van der Waals surface area contributed by atoms with E-state index < -0.39 is 0 Å². The number of hydrogen-bond acceptors (Lipinski definition) is 1. The van der Waals surface area contributed by atoms with Crippen LogP contribution in [0.1, 0.15) is 5.56 Å². The van der Waals surface area contributed by atoms with Crippen LogP contribution in [0.2, 0.25) is 0 Å². The number of anilines is 1. The fourth-order valence-corrected chi connectivity index (χ4v) is 1.98. The monoisotopic (exact) mass is 193 g/mol. The number of benzene rings is 2. The van der Waals surface area contributed by atoms with Crippen LogP contribution in [0.4, 0.5) is 5.69 Å². The van der Waals surface area contributed by atoms with Crippen molar-refractivity contribution in [3.8, 4) is 0 Å². The molecule has 1 heteroatoms. The molecule has 0 amide bonds. The lowest BCUT2D eigenvalue weighted by Gasteiger charge is -2.16. The van der Waals surface area contributed by atoms with Crippen molar-refractivity contribution in [2.45, 2.75) is 0 Å². The average Bonchev–Trinajstić information content (AvgIpc) is 2.28. The Morgan fingerprint density at radius 1 is 0.933 bits per heavy atom. The number of fused-ring (bicyclic) bond motifs is 3. The van der Waals surface area contributed by atoms with Gasteiger partial charge < -0.3 is 5.32 Å². The fraction of sp³-hybridized carbons (Fsp3) is 0. The van der Waals surface area contributed by atoms with E-state index in [2.05, 4.69) is 54.4 Å². The van der Waals surface area contributed by atoms with E-state index >= 15 is 0 Å². The molecule has 15 heavy (non-hydrogen) atoms. The largest absolute Gasteiger partial charge is 0.356 e. The van der Waals surface area contributed by atoms with Gasteiger partial charge in [-0.3, -0.25) is 0 Å². The van der Waals surface area contributed by atoms with E-state index in [0.29, 0.717) is 0 Å². The molecule has 0 saturated carbocycles. The number of hydrogen-bond donors (Lipinski definition) is 1. The van der Waals surface area contributed by atoms with E-state index in [0.717, 1.165) is 11.4 Å². The van der Waals surface area contributed by atoms with E-state index in [-0.39, 0.29) is 0 Å². The first kappa shape index (κ1) is 8.30. The lowest BCUT2D eigenvalue weighted by molar-refractivity contribution is 1.47. The highest BCUT2D eigenvalue weighted by atomic mass is 14.9. The van der Waals surface area contributed by atoms with Crippen molar-refractivity contribution < 1.29 is 0 Å². The smallest absolute Gasteiger partial charge is 0.0464 e. The molecule has 1 N–H and O–H groups in total. The summed E-state index contributed by atoms with van der Waals surface area (Å²) in [5, 5.41) is 5.83. The zero-order chi connectivity index (χ0) is 10.3. The maximum Gasteiger partial charge on any atom is 0.0464 e. The highest BCUT2D eigenvalue weighted by Gasteiger charge is 2.08. The number of rotatable bonds is 0. The van der Waals surface area contributed by atoms with Crippen molar-refractivity contribution in [2.24, 2.45) is 0 Å². The van der Waals surface area contributed by atoms with Gasteiger partial charge in [0.15, 0.2) is 0 Å². The Bertz CT molecular complexity index is 579. The van der Waals surface area contributed by atoms with Crippen LogP contribution in [0.25, 0.3) is 16.8 Å². The molecule has 0 atom stereocenters. The quantitative estimate of drug-likeness (QED) is 0.671. The second-order valence-corrected chi connectivity index (χ2v) is 3.73. The van der Waals surface area contributed by atoms with Crippen molar-refractivity contribution >= 4 is 22.5 Å². The van der Waals surface area contributed by atoms with Crippen molar-refractivity contribution in [3.05, 3.63) is 60.3 Å². The molecule has 0 fully saturated rings. The molecule has 0 spiro atoms. The summed E-state index contributed by atoms with van der Waals surface area (Å²) in [6.07, 6.45) is 4.13. The number of allylic oxidation sites excluding steroid dienone is 1. The Morgan fingerprint density at radius 2 is 1.80 bits per heavy atom. The van der Waals surface area contributed by atoms with Crippen LogP contribution in [-0.2, 0) is 0 Å². The van der Waals surface area contributed by atoms with Crippen LogP contribution in [0.5, 0.6) is 0 Å². The molecule has 0 bridgehead atoms. The highest BCUT2D eigenvalue weighted by molar-refractivity contribution is 5.97. The Hall–Kier alpha value is -2.02. The van der Waals surface area contributed by atoms with Gasteiger partial charge >= 0.3 is 0 Å². The normalized spacial score (nSPS) is 13.7. The van der Waals surface area contributed by atoms with Gasteiger partial charge in [0.05, 0.1) is 0 Å². The summed E-state index contributed by atoms with van der Waals surface area (Å²) < 4.78 is 0. The molecule has 0 aliphatic carbocycles. The summed E-state index contributed by atoms with van der Waals surface area (Å²) >= 11 is 0. The van der Waals surface area contributed by atoms with Crippen molar-refractivity contribution in [1.82, 2.24) is 0 Å². The first-order chi connectivity index (χ1) is 7.34. The van der Waals surface area contributed by atoms with Crippen LogP contribution >= 0.6 is 0 Å². The first-order valence-corrected chi connectivity index (χ1v) is 5.00. The minimum Gasteiger partial charge on any atom is -0.356 e. The average molecular weight is 193 g/mol. The maximum atomic E-state index is 3.90. The van der Waals surface area contributed by atoms with Crippen LogP contribution in [0.15, 0.2) is 54.8 Å². The third-order valence-electron chi connectivity index (χ3n) is 2.72. The molecule has 1 aliphatic heterocycles. The van der Waals surface area contributed by atoms with Crippen LogP contribution in [-0.4, -0.2) is 0 Å². The maximum absolute atomic E-state index is 3.90. The Kier molecular flexibility index (Phi) is 1.65. The van der Waals surface area contributed by atoms with Gasteiger partial charge in [0, 0.05) is 16.9 Å². The molecule has 0 unspecified atom stereocenters. The highest BCUT2D eigenvalue weighted by Crippen LogP contribution is 2.31. The summed E-state index contributed by atoms with van der Waals surface area (Å²) in [5.74, 6) is 0. The summed E-state index contributed by atoms with van der Waals surface area (Å²) in [4.78, 5) is 0. The Balaban J connectivity index is 2.37. The van der Waals surface area contributed by atoms with Gasteiger partial charge in [0.25, 0.3) is 0 Å². The van der Waals surface area contributed by atoms with Crippen molar-refractivity contribution in [3.63, 3.8) is 0 Å². The minimum atomic E-state index is 0.942. The summed E-state index contributed by atoms with van der Waals surface area (Å²) in [6.45, 7) is 3.90. The first-order valence-electron chi connectivity index (χ1n) is 5.00. The van der Waals surface area contributed by atoms with Gasteiger partial charge in [-0.05, 0) is 22.9 Å². The molecule has 3 rings (SSSR count). The van der Waals surface area contributed by atoms with E-state index in [4.69, 9.17) is 0 Å². The topological polar surface area (TPSA) is 12.0 Å². The molecule has 2 aromatic carbocycles. The second-order valence-electron chi connectivity index (χ2n) is 3.73. The van der Waals surface area contributed by atoms with Gasteiger partial charge in [-0.25, -0.2) is 0 Å². The minimum absolute atomic E-state index is 0.942. The molecular formula is C14H11N. The molecule has 0 saturated heterocycles. The van der Waals surface area contributed by atoms with Gasteiger partial charge in [-0.2, -0.15) is 0 Å². The second kappa shape index (κ2) is 2.99. The molecule has 2 aromatic rings. The standard InChI is InChI=1S/C14H11N/c1-10-6-8-13-12-5-3-2-4-11(12)7-9-14(13)15-10/h2-9,15H,1H2. The van der Waals surface area contributed by atoms with Gasteiger partial charge in [-0.1, -0.05) is 43.0 Å². The summed E-state index contributed by atoms with van der Waals surface area (Å²) in [5.41, 5.74) is 3.33. The predicted molar refractivity (Wildman–Crippen MR) is 65.7 cm³/mol. The SMILES string of the molecule is C=C1C=Cc2c(ccc3ccccc23)N1. The zero-order valence-electron chi connectivity index (χ0n) is 8.33. The Labute approximate surface area is 88.7 Å². The molecule has 1 aliphatic rings. The summed E-state index contributed by atoms with van der Waals surface area (Å²) in [7, 11) is 0. The molecule has 0 radical (unpaired) electrons. The molecule has 0 aromatic heterocycles. The third kappa shape index (κ3) is 1.24. The van der Waals surface area contributed by atoms with E-state index in [1.54, 1.807) is 0 Å². The molecule has 72 valence electrons. The van der Waals surface area contributed by atoms with E-state index in [9.17, 15) is 0 Å². The van der Waals surface area contributed by atoms with Crippen molar-refractivity contribution in [2.75, 3.05) is 5.32 Å². The predicted octanol–water partition coefficient (Wildman–Crippen LogP) is 3.79. The van der Waals surface area contributed by atoms with Crippen molar-refractivity contribution in [1.29, 1.82) is 0 Å². The molecule has 1 heterocycles. The van der Waals surface area contributed by atoms with Gasteiger partial charge in [0.2, 0.25) is 0 Å². The lowest BCUT2D eigenvalue weighted by Crippen LogP contribution is -2.01. The molecule has 1 nitrogen and oxygen atoms in total. The van der Waals surface area contributed by atoms with Gasteiger partial charge in [-0.15, -0.1) is 0 Å². The van der Waals surface area contributed by atoms with E-state index in [1.807, 2.05) is 6.08 Å². The van der Waals surface area contributed by atoms with Crippen LogP contribution in [0.3, 0.4) is 0 Å². The zero-order valence-corrected chi connectivity index (χ0v) is 8.33. The summed E-state index contributed by atoms with van der Waals surface area (Å²) in [6, 6.07) is 12.6. The van der Waals surface area contributed by atoms with Crippen LogP contribution in [0, 0.1) is 0 Å². The van der Waals surface area contributed by atoms with E-state index in [1.165, 1.54) is 16.3 Å². The number of nitrogens with one attached hydrogen (secondary N) is 1. The molecular weight excluding hydrogens is 182 g/mol. The van der Waals surface area contributed by atoms with Crippen LogP contribution < -0.4 is 5.32 Å². The third-order valence-corrected chi connectivity index (χ3v) is 2.72. The van der Waals surface area contributed by atoms with Gasteiger partial charge in [0.1, 0.15) is 0 Å². The fourth-order valence-electron chi connectivity index (χ4n) is 1.98. The lowest BCUT2D eigenvalue weighted by atomic mass is 10.00.